The summed E-state index contributed by atoms with van der Waals surface area (Å²) in [6.07, 6.45) is 0. The molecule has 0 spiro atoms. The highest BCUT2D eigenvalue weighted by Crippen LogP contribution is 2.24. The van der Waals surface area contributed by atoms with Crippen molar-refractivity contribution < 1.29 is 9.21 Å². The molecule has 1 atom stereocenters. The van der Waals surface area contributed by atoms with Crippen LogP contribution in [0.25, 0.3) is 22.9 Å². The molecule has 1 unspecified atom stereocenters. The third-order valence-electron chi connectivity index (χ3n) is 4.48. The Kier molecular flexibility index (Phi) is 5.16. The van der Waals surface area contributed by atoms with E-state index >= 15 is 0 Å². The quantitative estimate of drug-likeness (QED) is 0.737. The molecule has 0 saturated heterocycles. The third-order valence-corrected chi connectivity index (χ3v) is 4.48. The van der Waals surface area contributed by atoms with Crippen molar-refractivity contribution in [3.63, 3.8) is 0 Å². The first-order chi connectivity index (χ1) is 12.4. The van der Waals surface area contributed by atoms with Gasteiger partial charge in [0.05, 0.1) is 0 Å². The van der Waals surface area contributed by atoms with Gasteiger partial charge in [-0.15, -0.1) is 10.2 Å². The van der Waals surface area contributed by atoms with Gasteiger partial charge in [-0.2, -0.15) is 0 Å². The van der Waals surface area contributed by atoms with Crippen molar-refractivity contribution in [2.45, 2.75) is 33.7 Å². The molecule has 26 heavy (non-hydrogen) atoms. The van der Waals surface area contributed by atoms with Gasteiger partial charge in [-0.25, -0.2) is 0 Å². The van der Waals surface area contributed by atoms with Gasteiger partial charge in [-0.1, -0.05) is 31.5 Å². The smallest absolute Gasteiger partial charge is 0.251 e. The average Bonchev–Trinajstić information content (AvgIpc) is 3.12. The molecule has 0 radical (unpaired) electrons. The predicted molar refractivity (Wildman–Crippen MR) is 102 cm³/mol. The molecule has 1 aromatic heterocycles. The van der Waals surface area contributed by atoms with Gasteiger partial charge in [-0.05, 0) is 56.2 Å². The Bertz CT molecular complexity index is 880. The lowest BCUT2D eigenvalue weighted by atomic mass is 10.1. The van der Waals surface area contributed by atoms with E-state index in [1.165, 1.54) is 5.56 Å². The maximum Gasteiger partial charge on any atom is 0.251 e. The van der Waals surface area contributed by atoms with E-state index in [4.69, 9.17) is 4.42 Å². The zero-order chi connectivity index (χ0) is 18.7. The summed E-state index contributed by atoms with van der Waals surface area (Å²) in [6.45, 7) is 8.19. The molecule has 0 aliphatic rings. The number of rotatable bonds is 5. The molecule has 0 aliphatic carbocycles. The highest BCUT2D eigenvalue weighted by molar-refractivity contribution is 5.94. The van der Waals surface area contributed by atoms with Crippen LogP contribution < -0.4 is 5.32 Å². The van der Waals surface area contributed by atoms with E-state index in [-0.39, 0.29) is 11.9 Å². The summed E-state index contributed by atoms with van der Waals surface area (Å²) >= 11 is 0. The Morgan fingerprint density at radius 3 is 1.88 bits per heavy atom. The lowest BCUT2D eigenvalue weighted by Crippen LogP contribution is -2.36. The predicted octanol–water partition coefficient (Wildman–Crippen LogP) is 4.49. The number of carbonyl (C=O) groups is 1. The standard InChI is InChI=1S/C21H23N3O2/c1-13(2)15(4)22-19(25)16-9-11-18(12-10-16)21-24-23-20(26-21)17-7-5-14(3)6-8-17/h5-13,15H,1-4H3,(H,22,25). The molecule has 5 heteroatoms. The van der Waals surface area contributed by atoms with Crippen LogP contribution in [0, 0.1) is 12.8 Å². The lowest BCUT2D eigenvalue weighted by Gasteiger charge is -2.17. The van der Waals surface area contributed by atoms with Crippen molar-refractivity contribution in [3.8, 4) is 22.9 Å². The number of nitrogens with one attached hydrogen (secondary N) is 1. The number of carbonyl (C=O) groups excluding carboxylic acids is 1. The summed E-state index contributed by atoms with van der Waals surface area (Å²) in [5, 5.41) is 11.2. The SMILES string of the molecule is Cc1ccc(-c2nnc(-c3ccc(C(=O)NC(C)C(C)C)cc3)o2)cc1. The van der Waals surface area contributed by atoms with Crippen LogP contribution in [0.1, 0.15) is 36.7 Å². The molecule has 5 nitrogen and oxygen atoms in total. The third kappa shape index (κ3) is 3.99. The number of aryl methyl sites for hydroxylation is 1. The fourth-order valence-electron chi connectivity index (χ4n) is 2.37. The summed E-state index contributed by atoms with van der Waals surface area (Å²) in [4.78, 5) is 12.3. The number of amides is 1. The van der Waals surface area contributed by atoms with E-state index in [2.05, 4.69) is 29.4 Å². The largest absolute Gasteiger partial charge is 0.416 e. The number of hydrogen-bond acceptors (Lipinski definition) is 4. The van der Waals surface area contributed by atoms with Gasteiger partial charge in [0, 0.05) is 22.7 Å². The summed E-state index contributed by atoms with van der Waals surface area (Å²) in [6, 6.07) is 15.2. The number of aromatic nitrogens is 2. The first kappa shape index (κ1) is 17.9. The molecule has 2 aromatic carbocycles. The summed E-state index contributed by atoms with van der Waals surface area (Å²) in [7, 11) is 0. The molecule has 0 fully saturated rings. The van der Waals surface area contributed by atoms with E-state index in [1.54, 1.807) is 12.1 Å². The van der Waals surface area contributed by atoms with Crippen LogP contribution in [0.5, 0.6) is 0 Å². The second kappa shape index (κ2) is 7.52. The van der Waals surface area contributed by atoms with Gasteiger partial charge in [-0.3, -0.25) is 4.79 Å². The normalized spacial score (nSPS) is 12.2. The van der Waals surface area contributed by atoms with Gasteiger partial charge >= 0.3 is 0 Å². The Hall–Kier alpha value is -2.95. The monoisotopic (exact) mass is 349 g/mol. The van der Waals surface area contributed by atoms with Crippen molar-refractivity contribution in [2.75, 3.05) is 0 Å². The molecule has 1 heterocycles. The molecule has 3 aromatic rings. The van der Waals surface area contributed by atoms with Gasteiger partial charge in [0.2, 0.25) is 11.8 Å². The van der Waals surface area contributed by atoms with E-state index in [9.17, 15) is 4.79 Å². The Balaban J connectivity index is 1.75. The first-order valence-corrected chi connectivity index (χ1v) is 8.76. The van der Waals surface area contributed by atoms with Crippen LogP contribution in [0.4, 0.5) is 0 Å². The fourth-order valence-corrected chi connectivity index (χ4v) is 2.37. The van der Waals surface area contributed by atoms with Crippen LogP contribution >= 0.6 is 0 Å². The van der Waals surface area contributed by atoms with E-state index in [0.717, 1.165) is 11.1 Å². The average molecular weight is 349 g/mol. The van der Waals surface area contributed by atoms with Crippen molar-refractivity contribution in [3.05, 3.63) is 59.7 Å². The molecular formula is C21H23N3O2. The van der Waals surface area contributed by atoms with Crippen molar-refractivity contribution >= 4 is 5.91 Å². The Labute approximate surface area is 153 Å². The maximum atomic E-state index is 12.3. The Morgan fingerprint density at radius 2 is 1.38 bits per heavy atom. The zero-order valence-electron chi connectivity index (χ0n) is 15.5. The highest BCUT2D eigenvalue weighted by Gasteiger charge is 2.14. The zero-order valence-corrected chi connectivity index (χ0v) is 15.5. The number of nitrogens with zero attached hydrogens (tertiary/aromatic N) is 2. The van der Waals surface area contributed by atoms with Crippen LogP contribution in [-0.2, 0) is 0 Å². The summed E-state index contributed by atoms with van der Waals surface area (Å²) in [5.41, 5.74) is 3.45. The van der Waals surface area contributed by atoms with Crippen LogP contribution in [0.3, 0.4) is 0 Å². The van der Waals surface area contributed by atoms with E-state index in [0.29, 0.717) is 23.3 Å². The molecule has 1 amide bonds. The summed E-state index contributed by atoms with van der Waals surface area (Å²) in [5.74, 6) is 1.22. The second-order valence-corrected chi connectivity index (χ2v) is 6.86. The minimum atomic E-state index is -0.0800. The first-order valence-electron chi connectivity index (χ1n) is 8.76. The summed E-state index contributed by atoms with van der Waals surface area (Å²) < 4.78 is 5.77. The van der Waals surface area contributed by atoms with Crippen molar-refractivity contribution in [1.82, 2.24) is 15.5 Å². The molecular weight excluding hydrogens is 326 g/mol. The maximum absolute atomic E-state index is 12.3. The van der Waals surface area contributed by atoms with Gasteiger partial charge in [0.25, 0.3) is 5.91 Å². The molecule has 134 valence electrons. The van der Waals surface area contributed by atoms with E-state index < -0.39 is 0 Å². The highest BCUT2D eigenvalue weighted by atomic mass is 16.4. The van der Waals surface area contributed by atoms with Gasteiger partial charge < -0.3 is 9.73 Å². The second-order valence-electron chi connectivity index (χ2n) is 6.86. The van der Waals surface area contributed by atoms with Crippen molar-refractivity contribution in [1.29, 1.82) is 0 Å². The van der Waals surface area contributed by atoms with Gasteiger partial charge in [0.1, 0.15) is 0 Å². The van der Waals surface area contributed by atoms with Crippen LogP contribution in [0.2, 0.25) is 0 Å². The lowest BCUT2D eigenvalue weighted by molar-refractivity contribution is 0.0930. The van der Waals surface area contributed by atoms with Crippen molar-refractivity contribution in [2.24, 2.45) is 5.92 Å². The van der Waals surface area contributed by atoms with Crippen LogP contribution in [-0.4, -0.2) is 22.1 Å². The topological polar surface area (TPSA) is 68.0 Å². The van der Waals surface area contributed by atoms with Crippen LogP contribution in [0.15, 0.2) is 52.9 Å². The minimum Gasteiger partial charge on any atom is -0.416 e. The Morgan fingerprint density at radius 1 is 0.885 bits per heavy atom. The molecule has 0 saturated carbocycles. The number of hydrogen-bond donors (Lipinski definition) is 1. The fraction of sp³-hybridized carbons (Fsp3) is 0.286. The van der Waals surface area contributed by atoms with E-state index in [1.807, 2.05) is 50.2 Å². The van der Waals surface area contributed by atoms with Gasteiger partial charge in [0.15, 0.2) is 0 Å². The molecule has 0 aliphatic heterocycles. The molecule has 0 bridgehead atoms. The minimum absolute atomic E-state index is 0.0800. The molecule has 3 rings (SSSR count). The number of benzene rings is 2. The molecule has 1 N–H and O–H groups in total.